The number of nitro groups is 1. The molecule has 21 heavy (non-hydrogen) atoms. The zero-order chi connectivity index (χ0) is 15.4. The van der Waals surface area contributed by atoms with Crippen LogP contribution in [-0.2, 0) is 13.0 Å². The Labute approximate surface area is 121 Å². The summed E-state index contributed by atoms with van der Waals surface area (Å²) in [6, 6.07) is 3.02. The lowest BCUT2D eigenvalue weighted by molar-refractivity contribution is -0.384. The number of aromatic nitrogens is 3. The van der Waals surface area contributed by atoms with Gasteiger partial charge in [-0.1, -0.05) is 13.3 Å². The number of nitrogens with one attached hydrogen (secondary N) is 2. The number of anilines is 1. The summed E-state index contributed by atoms with van der Waals surface area (Å²) in [6.45, 7) is 4.33. The number of H-pyrrole nitrogens is 1. The maximum absolute atomic E-state index is 12.2. The smallest absolute Gasteiger partial charge is 0.287 e. The van der Waals surface area contributed by atoms with Gasteiger partial charge in [-0.25, -0.2) is 0 Å². The highest BCUT2D eigenvalue weighted by atomic mass is 16.6. The van der Waals surface area contributed by atoms with Gasteiger partial charge in [0.1, 0.15) is 5.69 Å². The van der Waals surface area contributed by atoms with Crippen molar-refractivity contribution in [2.24, 2.45) is 0 Å². The Morgan fingerprint density at radius 3 is 2.86 bits per heavy atom. The van der Waals surface area contributed by atoms with Crippen LogP contribution in [0.15, 0.2) is 18.3 Å². The van der Waals surface area contributed by atoms with Crippen LogP contribution in [-0.4, -0.2) is 25.6 Å². The first kappa shape index (κ1) is 14.8. The molecule has 112 valence electrons. The number of hydrogen-bond donors (Lipinski definition) is 2. The second kappa shape index (κ2) is 6.21. The van der Waals surface area contributed by atoms with E-state index in [-0.39, 0.29) is 11.4 Å². The number of aryl methyl sites for hydroxylation is 2. The van der Waals surface area contributed by atoms with Gasteiger partial charge in [-0.15, -0.1) is 0 Å². The molecule has 1 amide bonds. The first-order valence-electron chi connectivity index (χ1n) is 6.75. The molecule has 0 saturated carbocycles. The minimum atomic E-state index is -0.517. The molecule has 0 aromatic carbocycles. The molecule has 0 aliphatic rings. The minimum absolute atomic E-state index is 0.101. The predicted octanol–water partition coefficient (Wildman–Crippen LogP) is 2.34. The summed E-state index contributed by atoms with van der Waals surface area (Å²) in [5, 5.41) is 20.3. The summed E-state index contributed by atoms with van der Waals surface area (Å²) in [4.78, 5) is 22.5. The number of aromatic amines is 1. The van der Waals surface area contributed by atoms with Crippen molar-refractivity contribution in [3.63, 3.8) is 0 Å². The average Bonchev–Trinajstić information content (AvgIpc) is 3.05. The molecule has 2 aromatic heterocycles. The topological polar surface area (TPSA) is 106 Å². The molecule has 0 radical (unpaired) electrons. The standard InChI is InChI=1S/C13H17N5O3/c1-3-5-9-6-12(16-15-9)14-13(19)11-7-10(18(20)21)8-17(11)4-2/h6-8H,3-5H2,1-2H3,(H2,14,15,16,19). The lowest BCUT2D eigenvalue weighted by Crippen LogP contribution is -2.16. The molecule has 0 aliphatic carbocycles. The molecule has 0 fully saturated rings. The Kier molecular flexibility index (Phi) is 4.36. The van der Waals surface area contributed by atoms with Gasteiger partial charge in [-0.05, 0) is 13.3 Å². The number of hydrogen-bond acceptors (Lipinski definition) is 4. The van der Waals surface area contributed by atoms with Crippen LogP contribution >= 0.6 is 0 Å². The second-order valence-electron chi connectivity index (χ2n) is 4.61. The van der Waals surface area contributed by atoms with E-state index in [9.17, 15) is 14.9 Å². The molecule has 2 heterocycles. The van der Waals surface area contributed by atoms with Gasteiger partial charge in [0, 0.05) is 24.4 Å². The van der Waals surface area contributed by atoms with E-state index in [2.05, 4.69) is 15.5 Å². The van der Waals surface area contributed by atoms with E-state index in [1.807, 2.05) is 13.8 Å². The summed E-state index contributed by atoms with van der Waals surface area (Å²) in [5.74, 6) is -0.00513. The minimum Gasteiger partial charge on any atom is -0.337 e. The zero-order valence-corrected chi connectivity index (χ0v) is 11.9. The van der Waals surface area contributed by atoms with Gasteiger partial charge in [0.25, 0.3) is 11.6 Å². The van der Waals surface area contributed by atoms with Crippen LogP contribution in [0.4, 0.5) is 11.5 Å². The van der Waals surface area contributed by atoms with Gasteiger partial charge in [-0.2, -0.15) is 5.10 Å². The van der Waals surface area contributed by atoms with E-state index < -0.39 is 10.8 Å². The number of rotatable bonds is 6. The summed E-state index contributed by atoms with van der Waals surface area (Å²) < 4.78 is 1.53. The largest absolute Gasteiger partial charge is 0.337 e. The zero-order valence-electron chi connectivity index (χ0n) is 11.9. The van der Waals surface area contributed by atoms with Crippen molar-refractivity contribution in [3.05, 3.63) is 39.8 Å². The molecule has 8 nitrogen and oxygen atoms in total. The van der Waals surface area contributed by atoms with Crippen LogP contribution in [0.3, 0.4) is 0 Å². The molecule has 0 spiro atoms. The van der Waals surface area contributed by atoms with Crippen molar-refractivity contribution >= 4 is 17.4 Å². The summed E-state index contributed by atoms with van der Waals surface area (Å²) >= 11 is 0. The summed E-state index contributed by atoms with van der Waals surface area (Å²) in [5.41, 5.74) is 1.07. The van der Waals surface area contributed by atoms with Gasteiger partial charge in [0.15, 0.2) is 5.82 Å². The summed E-state index contributed by atoms with van der Waals surface area (Å²) in [7, 11) is 0. The monoisotopic (exact) mass is 291 g/mol. The third-order valence-electron chi connectivity index (χ3n) is 3.06. The number of carbonyl (C=O) groups is 1. The van der Waals surface area contributed by atoms with E-state index in [4.69, 9.17) is 0 Å². The predicted molar refractivity (Wildman–Crippen MR) is 77.3 cm³/mol. The lowest BCUT2D eigenvalue weighted by Gasteiger charge is -2.04. The lowest BCUT2D eigenvalue weighted by atomic mass is 10.2. The fourth-order valence-electron chi connectivity index (χ4n) is 2.05. The van der Waals surface area contributed by atoms with E-state index in [1.165, 1.54) is 16.8 Å². The number of nitrogens with zero attached hydrogens (tertiary/aromatic N) is 3. The Morgan fingerprint density at radius 1 is 1.48 bits per heavy atom. The fourth-order valence-corrected chi connectivity index (χ4v) is 2.05. The third-order valence-corrected chi connectivity index (χ3v) is 3.06. The van der Waals surface area contributed by atoms with E-state index >= 15 is 0 Å². The highest BCUT2D eigenvalue weighted by Crippen LogP contribution is 2.18. The molecule has 0 bridgehead atoms. The fraction of sp³-hybridized carbons (Fsp3) is 0.385. The molecule has 8 heteroatoms. The second-order valence-corrected chi connectivity index (χ2v) is 4.61. The Bertz CT molecular complexity index is 659. The first-order chi connectivity index (χ1) is 10.0. The van der Waals surface area contributed by atoms with Crippen LogP contribution in [0.5, 0.6) is 0 Å². The highest BCUT2D eigenvalue weighted by Gasteiger charge is 2.19. The Morgan fingerprint density at radius 2 is 2.24 bits per heavy atom. The van der Waals surface area contributed by atoms with Crippen molar-refractivity contribution in [2.45, 2.75) is 33.2 Å². The van der Waals surface area contributed by atoms with Crippen molar-refractivity contribution < 1.29 is 9.72 Å². The molecule has 2 rings (SSSR count). The molecule has 0 atom stereocenters. The molecule has 0 aliphatic heterocycles. The molecular formula is C13H17N5O3. The molecular weight excluding hydrogens is 274 g/mol. The quantitative estimate of drug-likeness (QED) is 0.629. The van der Waals surface area contributed by atoms with Crippen LogP contribution in [0, 0.1) is 10.1 Å². The van der Waals surface area contributed by atoms with Crippen LogP contribution in [0.1, 0.15) is 36.5 Å². The van der Waals surface area contributed by atoms with E-state index in [0.29, 0.717) is 12.4 Å². The van der Waals surface area contributed by atoms with Crippen molar-refractivity contribution in [1.82, 2.24) is 14.8 Å². The molecule has 2 N–H and O–H groups in total. The molecule has 0 unspecified atom stereocenters. The van der Waals surface area contributed by atoms with Gasteiger partial charge in [-0.3, -0.25) is 20.0 Å². The van der Waals surface area contributed by atoms with E-state index in [1.54, 1.807) is 6.07 Å². The number of carbonyl (C=O) groups excluding carboxylic acids is 1. The number of amides is 1. The maximum atomic E-state index is 12.2. The normalized spacial score (nSPS) is 10.6. The van der Waals surface area contributed by atoms with Gasteiger partial charge in [0.2, 0.25) is 0 Å². The van der Waals surface area contributed by atoms with Crippen LogP contribution in [0.25, 0.3) is 0 Å². The van der Waals surface area contributed by atoms with Gasteiger partial charge >= 0.3 is 0 Å². The Hall–Kier alpha value is -2.64. The summed E-state index contributed by atoms with van der Waals surface area (Å²) in [6.07, 6.45) is 3.17. The van der Waals surface area contributed by atoms with Gasteiger partial charge in [0.05, 0.1) is 11.1 Å². The SMILES string of the molecule is CCCc1cc(NC(=O)c2cc([N+](=O)[O-])cn2CC)n[nH]1. The molecule has 2 aromatic rings. The third kappa shape index (κ3) is 3.28. The first-order valence-corrected chi connectivity index (χ1v) is 6.75. The van der Waals surface area contributed by atoms with E-state index in [0.717, 1.165) is 18.5 Å². The van der Waals surface area contributed by atoms with Crippen molar-refractivity contribution in [1.29, 1.82) is 0 Å². The van der Waals surface area contributed by atoms with Crippen LogP contribution < -0.4 is 5.32 Å². The van der Waals surface area contributed by atoms with Crippen molar-refractivity contribution in [2.75, 3.05) is 5.32 Å². The average molecular weight is 291 g/mol. The van der Waals surface area contributed by atoms with Crippen molar-refractivity contribution in [3.8, 4) is 0 Å². The van der Waals surface area contributed by atoms with Crippen LogP contribution in [0.2, 0.25) is 0 Å². The highest BCUT2D eigenvalue weighted by molar-refractivity contribution is 6.03. The maximum Gasteiger partial charge on any atom is 0.287 e. The molecule has 0 saturated heterocycles. The van der Waals surface area contributed by atoms with Gasteiger partial charge < -0.3 is 9.88 Å². The Balaban J connectivity index is 2.17.